The number of pyridine rings is 2. The van der Waals surface area contributed by atoms with E-state index in [1.807, 2.05) is 48.8 Å². The number of nitrogens with zero attached hydrogens (tertiary/aromatic N) is 4. The monoisotopic (exact) mass is 882 g/mol. The molecule has 0 N–H and O–H groups in total. The maximum atomic E-state index is 13.0. The second kappa shape index (κ2) is 21.8. The number of piperidine rings is 1. The summed E-state index contributed by atoms with van der Waals surface area (Å²) in [6.07, 6.45) is 2.30. The molecule has 3 heterocycles. The maximum absolute atomic E-state index is 13.0. The lowest BCUT2D eigenvalue weighted by Crippen LogP contribution is -2.44. The Kier molecular flexibility index (Phi) is 17.9. The van der Waals surface area contributed by atoms with Crippen LogP contribution >= 0.6 is 37.2 Å². The summed E-state index contributed by atoms with van der Waals surface area (Å²) in [4.78, 5) is 13.8. The lowest BCUT2D eigenvalue weighted by atomic mass is 9.99. The molecule has 1 fully saturated rings. The Morgan fingerprint density at radius 1 is 0.644 bits per heavy atom. The molecule has 0 aliphatic carbocycles. The standard InChI is InChI=1S/C42H45F3N4O7.3ClH/c1-50-36-19-29(20-37(51-2)40(36)54-5)31-17-28(23-46-24-31)25-48-15-12-33(13-16-48)49(32-7-9-34(10-8-32)56-42(43,44)45)26-27-11-14-47-35(18-27)30-21-38(52-3)41(55-6)39(22-30)53-4;;;/h7-11,14,17-24,33H,12-13,15-16,25-26H2,1-6H3;3*1H. The van der Waals surface area contributed by atoms with Crippen molar-refractivity contribution in [2.75, 3.05) is 60.6 Å². The summed E-state index contributed by atoms with van der Waals surface area (Å²) in [5.41, 5.74) is 6.10. The van der Waals surface area contributed by atoms with Gasteiger partial charge >= 0.3 is 6.36 Å². The van der Waals surface area contributed by atoms with Gasteiger partial charge in [0.15, 0.2) is 23.0 Å². The number of anilines is 1. The molecule has 1 saturated heterocycles. The highest BCUT2D eigenvalue weighted by molar-refractivity contribution is 5.86. The van der Waals surface area contributed by atoms with Gasteiger partial charge in [0.1, 0.15) is 5.75 Å². The molecule has 2 aromatic heterocycles. The van der Waals surface area contributed by atoms with Gasteiger partial charge < -0.3 is 38.1 Å². The van der Waals surface area contributed by atoms with Crippen LogP contribution in [0.4, 0.5) is 18.9 Å². The Labute approximate surface area is 360 Å². The first-order chi connectivity index (χ1) is 27.1. The Bertz CT molecular complexity index is 2060. The van der Waals surface area contributed by atoms with Crippen LogP contribution in [0.2, 0.25) is 0 Å². The molecule has 0 radical (unpaired) electrons. The fraction of sp³-hybridized carbons (Fsp3) is 0.333. The predicted molar refractivity (Wildman–Crippen MR) is 228 cm³/mol. The van der Waals surface area contributed by atoms with Gasteiger partial charge in [-0.05, 0) is 96.3 Å². The highest BCUT2D eigenvalue weighted by Crippen LogP contribution is 2.42. The first-order valence-corrected chi connectivity index (χ1v) is 17.9. The quantitative estimate of drug-likeness (QED) is 0.101. The van der Waals surface area contributed by atoms with Gasteiger partial charge in [-0.15, -0.1) is 50.4 Å². The molecule has 1 aliphatic heterocycles. The van der Waals surface area contributed by atoms with Crippen molar-refractivity contribution >= 4 is 42.9 Å². The van der Waals surface area contributed by atoms with E-state index in [9.17, 15) is 13.2 Å². The zero-order valence-corrected chi connectivity index (χ0v) is 35.9. The lowest BCUT2D eigenvalue weighted by molar-refractivity contribution is -0.274. The van der Waals surface area contributed by atoms with Crippen molar-refractivity contribution in [1.29, 1.82) is 0 Å². The molecule has 0 saturated carbocycles. The molecule has 0 unspecified atom stereocenters. The summed E-state index contributed by atoms with van der Waals surface area (Å²) in [6.45, 7) is 2.80. The smallest absolute Gasteiger partial charge is 0.493 e. The summed E-state index contributed by atoms with van der Waals surface area (Å²) in [6, 6.07) is 19.7. The minimum absolute atomic E-state index is 0. The van der Waals surface area contributed by atoms with Crippen molar-refractivity contribution < 1.29 is 46.3 Å². The molecule has 6 rings (SSSR count). The number of benzene rings is 3. The Morgan fingerprint density at radius 2 is 1.19 bits per heavy atom. The highest BCUT2D eigenvalue weighted by atomic mass is 35.5. The van der Waals surface area contributed by atoms with Crippen LogP contribution in [0.3, 0.4) is 0 Å². The summed E-state index contributed by atoms with van der Waals surface area (Å²) < 4.78 is 76.4. The van der Waals surface area contributed by atoms with Gasteiger partial charge in [0.25, 0.3) is 0 Å². The average Bonchev–Trinajstić information content (AvgIpc) is 3.22. The number of halogens is 6. The van der Waals surface area contributed by atoms with E-state index in [4.69, 9.17) is 28.4 Å². The molecule has 0 bridgehead atoms. The van der Waals surface area contributed by atoms with E-state index in [2.05, 4.69) is 30.6 Å². The Morgan fingerprint density at radius 3 is 1.69 bits per heavy atom. The number of methoxy groups -OCH3 is 6. The molecule has 320 valence electrons. The summed E-state index contributed by atoms with van der Waals surface area (Å²) in [5, 5.41) is 0. The van der Waals surface area contributed by atoms with Crippen LogP contribution < -0.4 is 38.1 Å². The molecule has 0 spiro atoms. The third-order valence-electron chi connectivity index (χ3n) is 9.74. The van der Waals surface area contributed by atoms with Crippen LogP contribution in [0.5, 0.6) is 40.2 Å². The first kappa shape index (κ1) is 48.3. The average molecular weight is 884 g/mol. The van der Waals surface area contributed by atoms with Crippen molar-refractivity contribution in [3.05, 3.63) is 96.4 Å². The number of rotatable bonds is 15. The molecule has 17 heteroatoms. The minimum Gasteiger partial charge on any atom is -0.493 e. The van der Waals surface area contributed by atoms with E-state index in [0.29, 0.717) is 53.3 Å². The molecule has 0 atom stereocenters. The number of alkyl halides is 3. The van der Waals surface area contributed by atoms with Crippen molar-refractivity contribution in [3.8, 4) is 62.6 Å². The minimum atomic E-state index is -4.78. The zero-order chi connectivity index (χ0) is 39.8. The lowest BCUT2D eigenvalue weighted by Gasteiger charge is -2.40. The van der Waals surface area contributed by atoms with Gasteiger partial charge in [-0.25, -0.2) is 0 Å². The second-order valence-corrected chi connectivity index (χ2v) is 13.1. The van der Waals surface area contributed by atoms with Gasteiger partial charge in [-0.1, -0.05) is 0 Å². The molecule has 1 aliphatic rings. The molecule has 5 aromatic rings. The van der Waals surface area contributed by atoms with E-state index in [-0.39, 0.29) is 49.0 Å². The molecule has 3 aromatic carbocycles. The summed E-state index contributed by atoms with van der Waals surface area (Å²) in [5.74, 6) is 2.86. The number of hydrogen-bond acceptors (Lipinski definition) is 11. The van der Waals surface area contributed by atoms with Gasteiger partial charge in [0, 0.05) is 67.6 Å². The predicted octanol–water partition coefficient (Wildman–Crippen LogP) is 9.70. The number of aromatic nitrogens is 2. The van der Waals surface area contributed by atoms with Crippen molar-refractivity contribution in [1.82, 2.24) is 14.9 Å². The van der Waals surface area contributed by atoms with Crippen LogP contribution in [0, 0.1) is 0 Å². The van der Waals surface area contributed by atoms with Crippen molar-refractivity contribution in [2.24, 2.45) is 0 Å². The number of likely N-dealkylation sites (tertiary alicyclic amines) is 1. The molecule has 11 nitrogen and oxygen atoms in total. The third kappa shape index (κ3) is 11.8. The summed E-state index contributed by atoms with van der Waals surface area (Å²) in [7, 11) is 9.42. The van der Waals surface area contributed by atoms with Crippen LogP contribution in [-0.4, -0.2) is 83.0 Å². The second-order valence-electron chi connectivity index (χ2n) is 13.1. The van der Waals surface area contributed by atoms with Gasteiger partial charge in [0.05, 0.1) is 48.4 Å². The fourth-order valence-electron chi connectivity index (χ4n) is 7.05. The Hall–Kier alpha value is -5.02. The highest BCUT2D eigenvalue weighted by Gasteiger charge is 2.31. The topological polar surface area (TPSA) is 96.9 Å². The van der Waals surface area contributed by atoms with Gasteiger partial charge in [-0.2, -0.15) is 0 Å². The molecule has 59 heavy (non-hydrogen) atoms. The van der Waals surface area contributed by atoms with Crippen LogP contribution in [-0.2, 0) is 13.1 Å². The third-order valence-corrected chi connectivity index (χ3v) is 9.74. The normalized spacial score (nSPS) is 12.8. The van der Waals surface area contributed by atoms with Crippen LogP contribution in [0.15, 0.2) is 85.3 Å². The SMILES string of the molecule is COc1cc(-c2cncc(CN3CCC(N(Cc4ccnc(-c5cc(OC)c(OC)c(OC)c5)c4)c4ccc(OC(F)(F)F)cc4)CC3)c2)cc(OC)c1OC.Cl.Cl.Cl. The van der Waals surface area contributed by atoms with E-state index < -0.39 is 6.36 Å². The molecule has 0 amide bonds. The first-order valence-electron chi connectivity index (χ1n) is 17.9. The van der Waals surface area contributed by atoms with E-state index in [1.54, 1.807) is 61.0 Å². The molecular formula is C42H48Cl3F3N4O7. The van der Waals surface area contributed by atoms with E-state index in [1.165, 1.54) is 12.1 Å². The Balaban J connectivity index is 0.00000310. The number of ether oxygens (including phenoxy) is 7. The zero-order valence-electron chi connectivity index (χ0n) is 33.4. The largest absolute Gasteiger partial charge is 0.573 e. The number of hydrogen-bond donors (Lipinski definition) is 0. The summed E-state index contributed by atoms with van der Waals surface area (Å²) >= 11 is 0. The van der Waals surface area contributed by atoms with Gasteiger partial charge in [0.2, 0.25) is 11.5 Å². The fourth-order valence-corrected chi connectivity index (χ4v) is 7.05. The van der Waals surface area contributed by atoms with Crippen LogP contribution in [0.1, 0.15) is 24.0 Å². The van der Waals surface area contributed by atoms with Crippen LogP contribution in [0.25, 0.3) is 22.4 Å². The van der Waals surface area contributed by atoms with Crippen molar-refractivity contribution in [3.63, 3.8) is 0 Å². The van der Waals surface area contributed by atoms with E-state index >= 15 is 0 Å². The van der Waals surface area contributed by atoms with Crippen molar-refractivity contribution in [2.45, 2.75) is 38.3 Å². The molecular weight excluding hydrogens is 836 g/mol. The maximum Gasteiger partial charge on any atom is 0.573 e. The van der Waals surface area contributed by atoms with E-state index in [0.717, 1.165) is 59.4 Å². The van der Waals surface area contributed by atoms with Gasteiger partial charge in [-0.3, -0.25) is 14.9 Å².